The minimum atomic E-state index is -4.40. The van der Waals surface area contributed by atoms with Crippen LogP contribution in [0.15, 0.2) is 0 Å². The van der Waals surface area contributed by atoms with Gasteiger partial charge in [-0.25, -0.2) is 0 Å². The summed E-state index contributed by atoms with van der Waals surface area (Å²) in [7, 11) is -8.80. The van der Waals surface area contributed by atoms with Crippen molar-refractivity contribution in [2.45, 2.75) is 87.9 Å². The highest BCUT2D eigenvalue weighted by molar-refractivity contribution is 7.90. The van der Waals surface area contributed by atoms with Crippen LogP contribution >= 0.6 is 0 Å². The largest absolute Gasteiger partial charge is 0.357 e. The van der Waals surface area contributed by atoms with E-state index < -0.39 is 30.1 Å². The standard InChI is InChI=1S/C16H30O8S2/c1-3-21-15(11-7-5-8-12-15)25(17,18)23-24-26(19,20)16(22-4-2)13-9-6-10-14-16/h3-14H2,1-2H3. The molecule has 0 N–H and O–H groups in total. The second-order valence-electron chi connectivity index (χ2n) is 6.85. The van der Waals surface area contributed by atoms with Crippen LogP contribution < -0.4 is 0 Å². The summed E-state index contributed by atoms with van der Waals surface area (Å²) in [6, 6.07) is 0. The fourth-order valence-corrected chi connectivity index (χ4v) is 6.77. The van der Waals surface area contributed by atoms with Crippen LogP contribution in [0.1, 0.15) is 78.1 Å². The maximum atomic E-state index is 12.7. The quantitative estimate of drug-likeness (QED) is 0.419. The molecule has 0 unspecified atom stereocenters. The van der Waals surface area contributed by atoms with E-state index in [-0.39, 0.29) is 38.9 Å². The minimum Gasteiger partial charge on any atom is -0.357 e. The van der Waals surface area contributed by atoms with Gasteiger partial charge in [-0.15, -0.1) is 0 Å². The molecule has 2 rings (SSSR count). The minimum absolute atomic E-state index is 0.179. The lowest BCUT2D eigenvalue weighted by atomic mass is 9.97. The van der Waals surface area contributed by atoms with Gasteiger partial charge < -0.3 is 9.47 Å². The van der Waals surface area contributed by atoms with Gasteiger partial charge in [0.2, 0.25) is 0 Å². The molecule has 8 nitrogen and oxygen atoms in total. The average molecular weight is 415 g/mol. The van der Waals surface area contributed by atoms with Crippen LogP contribution in [-0.2, 0) is 38.4 Å². The Bertz CT molecular complexity index is 575. The third-order valence-electron chi connectivity index (χ3n) is 5.16. The molecule has 0 atom stereocenters. The van der Waals surface area contributed by atoms with Gasteiger partial charge in [0, 0.05) is 13.2 Å². The Balaban J connectivity index is 2.18. The summed E-state index contributed by atoms with van der Waals surface area (Å²) < 4.78 is 71.0. The summed E-state index contributed by atoms with van der Waals surface area (Å²) in [5.41, 5.74) is 0. The predicted molar refractivity (Wildman–Crippen MR) is 94.9 cm³/mol. The molecule has 0 radical (unpaired) electrons. The van der Waals surface area contributed by atoms with Gasteiger partial charge in [0.1, 0.15) is 0 Å². The van der Waals surface area contributed by atoms with Crippen molar-refractivity contribution in [3.63, 3.8) is 0 Å². The van der Waals surface area contributed by atoms with Crippen molar-refractivity contribution in [2.75, 3.05) is 13.2 Å². The second kappa shape index (κ2) is 8.83. The highest BCUT2D eigenvalue weighted by atomic mass is 32.2. The lowest BCUT2D eigenvalue weighted by Crippen LogP contribution is -2.47. The van der Waals surface area contributed by atoms with Crippen LogP contribution in [0.2, 0.25) is 0 Å². The van der Waals surface area contributed by atoms with Crippen molar-refractivity contribution in [3.8, 4) is 0 Å². The summed E-state index contributed by atoms with van der Waals surface area (Å²) >= 11 is 0. The summed E-state index contributed by atoms with van der Waals surface area (Å²) in [5, 5.41) is 0. The van der Waals surface area contributed by atoms with Gasteiger partial charge in [0.05, 0.1) is 0 Å². The van der Waals surface area contributed by atoms with Gasteiger partial charge in [0.25, 0.3) is 0 Å². The molecule has 0 saturated heterocycles. The van der Waals surface area contributed by atoms with Gasteiger partial charge in [-0.3, -0.25) is 0 Å². The van der Waals surface area contributed by atoms with Gasteiger partial charge in [0.15, 0.2) is 9.87 Å². The normalized spacial score (nSPS) is 23.6. The van der Waals surface area contributed by atoms with Gasteiger partial charge in [-0.05, 0) is 65.2 Å². The molecule has 0 aromatic heterocycles. The van der Waals surface area contributed by atoms with E-state index in [0.29, 0.717) is 25.7 Å². The van der Waals surface area contributed by atoms with Crippen molar-refractivity contribution in [1.29, 1.82) is 0 Å². The Morgan fingerprint density at radius 2 is 0.923 bits per heavy atom. The van der Waals surface area contributed by atoms with E-state index in [9.17, 15) is 16.8 Å². The fourth-order valence-electron chi connectivity index (χ4n) is 3.84. The topological polar surface area (TPSA) is 105 Å². The van der Waals surface area contributed by atoms with Gasteiger partial charge >= 0.3 is 20.2 Å². The molecule has 10 heteroatoms. The lowest BCUT2D eigenvalue weighted by Gasteiger charge is -2.36. The van der Waals surface area contributed by atoms with Crippen LogP contribution in [0, 0.1) is 0 Å². The predicted octanol–water partition coefficient (Wildman–Crippen LogP) is 2.99. The number of ether oxygens (including phenoxy) is 2. The smallest absolute Gasteiger partial charge is 0.324 e. The highest BCUT2D eigenvalue weighted by Gasteiger charge is 2.52. The van der Waals surface area contributed by atoms with Crippen LogP contribution in [0.5, 0.6) is 0 Å². The average Bonchev–Trinajstić information content (AvgIpc) is 2.62. The van der Waals surface area contributed by atoms with Gasteiger partial charge in [-0.2, -0.15) is 16.8 Å². The summed E-state index contributed by atoms with van der Waals surface area (Å²) in [4.78, 5) is -3.11. The van der Waals surface area contributed by atoms with Crippen molar-refractivity contribution in [3.05, 3.63) is 0 Å². The molecule has 0 amide bonds. The molecule has 154 valence electrons. The SMILES string of the molecule is CCOC1(S(=O)(=O)OOS(=O)(=O)C2(OCC)CCCCC2)CCCCC1. The number of hydrogen-bond acceptors (Lipinski definition) is 8. The van der Waals surface area contributed by atoms with Crippen molar-refractivity contribution < 1.29 is 35.0 Å². The highest BCUT2D eigenvalue weighted by Crippen LogP contribution is 2.40. The van der Waals surface area contributed by atoms with Crippen LogP contribution in [0.4, 0.5) is 0 Å². The molecule has 26 heavy (non-hydrogen) atoms. The first-order valence-corrected chi connectivity index (χ1v) is 12.2. The molecular weight excluding hydrogens is 384 g/mol. The van der Waals surface area contributed by atoms with Crippen LogP contribution in [0.25, 0.3) is 0 Å². The van der Waals surface area contributed by atoms with E-state index >= 15 is 0 Å². The van der Waals surface area contributed by atoms with Gasteiger partial charge in [-0.1, -0.05) is 21.5 Å². The summed E-state index contributed by atoms with van der Waals surface area (Å²) in [6.07, 6.45) is 5.47. The first kappa shape index (κ1) is 22.0. The molecule has 0 aromatic carbocycles. The van der Waals surface area contributed by atoms with Crippen LogP contribution in [0.3, 0.4) is 0 Å². The maximum absolute atomic E-state index is 12.7. The Kier molecular flexibility index (Phi) is 7.48. The number of rotatable bonds is 9. The van der Waals surface area contributed by atoms with E-state index in [4.69, 9.17) is 9.47 Å². The van der Waals surface area contributed by atoms with E-state index in [1.165, 1.54) is 0 Å². The summed E-state index contributed by atoms with van der Waals surface area (Å²) in [6.45, 7) is 3.74. The Morgan fingerprint density at radius 3 is 1.19 bits per heavy atom. The molecule has 0 bridgehead atoms. The zero-order chi connectivity index (χ0) is 19.3. The van der Waals surface area contributed by atoms with Crippen molar-refractivity contribution in [2.24, 2.45) is 0 Å². The first-order chi connectivity index (χ1) is 12.2. The Hall–Kier alpha value is -0.260. The lowest BCUT2D eigenvalue weighted by molar-refractivity contribution is -0.121. The molecule has 2 fully saturated rings. The molecule has 0 spiro atoms. The first-order valence-electron chi connectivity index (χ1n) is 9.39. The Labute approximate surface area is 156 Å². The summed E-state index contributed by atoms with van der Waals surface area (Å²) in [5.74, 6) is 0. The molecular formula is C16H30O8S2. The molecule has 0 aromatic rings. The Morgan fingerprint density at radius 1 is 0.615 bits per heavy atom. The van der Waals surface area contributed by atoms with E-state index in [0.717, 1.165) is 12.8 Å². The zero-order valence-electron chi connectivity index (χ0n) is 15.6. The third-order valence-corrected chi connectivity index (χ3v) is 8.62. The van der Waals surface area contributed by atoms with E-state index in [1.54, 1.807) is 13.8 Å². The molecule has 2 aliphatic rings. The fraction of sp³-hybridized carbons (Fsp3) is 1.00. The molecule has 0 aliphatic heterocycles. The van der Waals surface area contributed by atoms with E-state index in [2.05, 4.69) is 8.67 Å². The zero-order valence-corrected chi connectivity index (χ0v) is 17.2. The van der Waals surface area contributed by atoms with E-state index in [1.807, 2.05) is 0 Å². The number of hydrogen-bond donors (Lipinski definition) is 0. The molecule has 0 heterocycles. The molecule has 2 aliphatic carbocycles. The van der Waals surface area contributed by atoms with Crippen molar-refractivity contribution >= 4 is 20.2 Å². The molecule has 2 saturated carbocycles. The maximum Gasteiger partial charge on any atom is 0.324 e. The third kappa shape index (κ3) is 4.41. The van der Waals surface area contributed by atoms with Crippen molar-refractivity contribution in [1.82, 2.24) is 0 Å². The second-order valence-corrected chi connectivity index (χ2v) is 10.4. The van der Waals surface area contributed by atoms with Crippen LogP contribution in [-0.4, -0.2) is 39.9 Å². The monoisotopic (exact) mass is 414 g/mol.